The number of ether oxygens (including phenoxy) is 6. The molecule has 1 saturated heterocycles. The fourth-order valence-electron chi connectivity index (χ4n) is 6.75. The van der Waals surface area contributed by atoms with Gasteiger partial charge in [-0.25, -0.2) is 4.79 Å². The van der Waals surface area contributed by atoms with Gasteiger partial charge in [-0.05, 0) is 53.6 Å². The summed E-state index contributed by atoms with van der Waals surface area (Å²) >= 11 is 6.21. The highest BCUT2D eigenvalue weighted by atomic mass is 35.5. The van der Waals surface area contributed by atoms with Crippen molar-refractivity contribution in [1.82, 2.24) is 9.38 Å². The first-order valence-electron chi connectivity index (χ1n) is 16.7. The highest BCUT2D eigenvalue weighted by Gasteiger charge is 2.45. The number of amides is 1. The number of rotatable bonds is 13. The second kappa shape index (κ2) is 16.4. The molecule has 4 unspecified atom stereocenters. The number of quaternary nitrogens is 1. The highest BCUT2D eigenvalue weighted by molar-refractivity contribution is 6.30. The summed E-state index contributed by atoms with van der Waals surface area (Å²) in [5.41, 5.74) is 3.02. The Labute approximate surface area is 293 Å². The van der Waals surface area contributed by atoms with E-state index in [0.29, 0.717) is 48.3 Å². The van der Waals surface area contributed by atoms with Gasteiger partial charge in [0.15, 0.2) is 18.2 Å². The fraction of sp³-hybridized carbons (Fsp3) is 0.359. The first kappa shape index (κ1) is 34.6. The molecule has 4 aromatic carbocycles. The molecule has 10 heteroatoms. The molecule has 6 rings (SSSR count). The van der Waals surface area contributed by atoms with Crippen molar-refractivity contribution in [3.8, 4) is 17.2 Å². The number of fused-ring (bicyclic) bond motifs is 1. The van der Waals surface area contributed by atoms with E-state index in [4.69, 9.17) is 40.0 Å². The summed E-state index contributed by atoms with van der Waals surface area (Å²) in [6.45, 7) is 3.93. The van der Waals surface area contributed by atoms with Crippen molar-refractivity contribution in [2.24, 2.45) is 0 Å². The molecule has 2 heterocycles. The molecule has 9 nitrogen and oxygen atoms in total. The van der Waals surface area contributed by atoms with Gasteiger partial charge in [0.1, 0.15) is 37.4 Å². The number of carbonyl (C=O) groups excluding carboxylic acids is 1. The molecule has 0 aromatic heterocycles. The molecule has 49 heavy (non-hydrogen) atoms. The van der Waals surface area contributed by atoms with Gasteiger partial charge >= 0.3 is 6.09 Å². The molecule has 2 aliphatic rings. The van der Waals surface area contributed by atoms with Crippen LogP contribution in [0, 0.1) is 0 Å². The molecule has 4 atom stereocenters. The van der Waals surface area contributed by atoms with E-state index in [9.17, 15) is 4.79 Å². The van der Waals surface area contributed by atoms with E-state index in [1.165, 1.54) is 0 Å². The maximum absolute atomic E-state index is 13.7. The molecular formula is C39H44ClN2O7+. The van der Waals surface area contributed by atoms with E-state index in [2.05, 4.69) is 18.2 Å². The van der Waals surface area contributed by atoms with Crippen LogP contribution in [0.15, 0.2) is 103 Å². The maximum Gasteiger partial charge on any atom is 0.410 e. The summed E-state index contributed by atoms with van der Waals surface area (Å²) in [7, 11) is 3.38. The van der Waals surface area contributed by atoms with Crippen LogP contribution in [0.5, 0.6) is 17.2 Å². The van der Waals surface area contributed by atoms with Crippen molar-refractivity contribution in [3.05, 3.63) is 119 Å². The van der Waals surface area contributed by atoms with Gasteiger partial charge in [0.05, 0.1) is 45.4 Å². The summed E-state index contributed by atoms with van der Waals surface area (Å²) in [5, 5.41) is 0.614. The zero-order chi connectivity index (χ0) is 34.1. The summed E-state index contributed by atoms with van der Waals surface area (Å²) < 4.78 is 37.2. The quantitative estimate of drug-likeness (QED) is 0.108. The van der Waals surface area contributed by atoms with Gasteiger partial charge in [0, 0.05) is 24.6 Å². The van der Waals surface area contributed by atoms with E-state index >= 15 is 0 Å². The SMILES string of the molecule is COCCC[N+]1(COC2CN(C(=O)OCc3ccccc3)CC(Oc3ccc(Cl)cc3)C2c2ccc(OC)cc2)CCOc2ccccc21. The number of methoxy groups -OCH3 is 2. The topological polar surface area (TPSA) is 75.7 Å². The molecule has 0 radical (unpaired) electrons. The lowest BCUT2D eigenvalue weighted by atomic mass is 9.84. The fourth-order valence-corrected chi connectivity index (χ4v) is 6.87. The van der Waals surface area contributed by atoms with E-state index < -0.39 is 18.3 Å². The molecule has 0 aliphatic carbocycles. The molecule has 2 aliphatic heterocycles. The Morgan fingerprint density at radius 3 is 2.35 bits per heavy atom. The number of nitrogens with zero attached hydrogens (tertiary/aromatic N) is 2. The number of hydrogen-bond acceptors (Lipinski definition) is 7. The second-order valence-electron chi connectivity index (χ2n) is 12.4. The van der Waals surface area contributed by atoms with Crippen molar-refractivity contribution in [3.63, 3.8) is 0 Å². The first-order chi connectivity index (χ1) is 24.0. The number of halogens is 1. The van der Waals surface area contributed by atoms with Gasteiger partial charge in [0.25, 0.3) is 0 Å². The highest BCUT2D eigenvalue weighted by Crippen LogP contribution is 2.39. The maximum atomic E-state index is 13.7. The van der Waals surface area contributed by atoms with Crippen molar-refractivity contribution in [2.45, 2.75) is 31.2 Å². The van der Waals surface area contributed by atoms with Gasteiger partial charge in [-0.15, -0.1) is 0 Å². The van der Waals surface area contributed by atoms with Crippen molar-refractivity contribution < 1.29 is 33.2 Å². The third kappa shape index (κ3) is 8.48. The third-order valence-electron chi connectivity index (χ3n) is 9.29. The smallest absolute Gasteiger partial charge is 0.410 e. The summed E-state index contributed by atoms with van der Waals surface area (Å²) in [6, 6.07) is 33.1. The van der Waals surface area contributed by atoms with Crippen molar-refractivity contribution in [1.29, 1.82) is 0 Å². The van der Waals surface area contributed by atoms with Crippen molar-refractivity contribution >= 4 is 23.4 Å². The lowest BCUT2D eigenvalue weighted by Gasteiger charge is -2.46. The van der Waals surface area contributed by atoms with Crippen LogP contribution in [0.1, 0.15) is 23.5 Å². The number of carbonyl (C=O) groups is 1. The normalized spacial score (nSPS) is 21.7. The summed E-state index contributed by atoms with van der Waals surface area (Å²) in [6.07, 6.45) is -0.468. The molecule has 1 amide bonds. The molecule has 258 valence electrons. The van der Waals surface area contributed by atoms with Crippen LogP contribution in [0.2, 0.25) is 5.02 Å². The molecular weight excluding hydrogens is 644 g/mol. The van der Waals surface area contributed by atoms with Crippen molar-refractivity contribution in [2.75, 3.05) is 60.3 Å². The van der Waals surface area contributed by atoms with Crippen LogP contribution >= 0.6 is 11.6 Å². The first-order valence-corrected chi connectivity index (χ1v) is 17.1. The number of piperidine rings is 1. The summed E-state index contributed by atoms with van der Waals surface area (Å²) in [4.78, 5) is 15.4. The minimum atomic E-state index is -0.462. The minimum absolute atomic E-state index is 0.169. The Kier molecular flexibility index (Phi) is 11.6. The Balaban J connectivity index is 1.33. The van der Waals surface area contributed by atoms with E-state index in [1.54, 1.807) is 31.3 Å². The third-order valence-corrected chi connectivity index (χ3v) is 9.54. The molecule has 0 saturated carbocycles. The second-order valence-corrected chi connectivity index (χ2v) is 12.9. The van der Waals surface area contributed by atoms with Crippen LogP contribution < -0.4 is 18.7 Å². The van der Waals surface area contributed by atoms with Gasteiger partial charge < -0.3 is 33.3 Å². The Morgan fingerprint density at radius 2 is 1.59 bits per heavy atom. The van der Waals surface area contributed by atoms with Gasteiger partial charge in [0.2, 0.25) is 0 Å². The molecule has 0 spiro atoms. The van der Waals surface area contributed by atoms with Gasteiger partial charge in [-0.2, -0.15) is 0 Å². The Bertz CT molecular complexity index is 1640. The zero-order valence-electron chi connectivity index (χ0n) is 28.0. The largest absolute Gasteiger partial charge is 0.497 e. The molecule has 4 aromatic rings. The van der Waals surface area contributed by atoms with Crippen LogP contribution in [0.25, 0.3) is 0 Å². The van der Waals surface area contributed by atoms with Crippen LogP contribution in [-0.2, 0) is 20.8 Å². The number of para-hydroxylation sites is 2. The number of likely N-dealkylation sites (tertiary alicyclic amines) is 1. The van der Waals surface area contributed by atoms with Crippen LogP contribution in [-0.4, -0.2) is 83.5 Å². The van der Waals surface area contributed by atoms with E-state index in [0.717, 1.165) is 47.8 Å². The van der Waals surface area contributed by atoms with Gasteiger partial charge in [-0.1, -0.05) is 66.2 Å². The molecule has 0 bridgehead atoms. The minimum Gasteiger partial charge on any atom is -0.497 e. The van der Waals surface area contributed by atoms with E-state index in [1.807, 2.05) is 72.8 Å². The Morgan fingerprint density at radius 1 is 0.878 bits per heavy atom. The number of benzene rings is 4. The summed E-state index contributed by atoms with van der Waals surface area (Å²) in [5.74, 6) is 2.04. The monoisotopic (exact) mass is 687 g/mol. The number of hydrogen-bond donors (Lipinski definition) is 0. The lowest BCUT2D eigenvalue weighted by Crippen LogP contribution is -2.60. The van der Waals surface area contributed by atoms with Crippen LogP contribution in [0.3, 0.4) is 0 Å². The average Bonchev–Trinajstić information content (AvgIpc) is 3.14. The lowest BCUT2D eigenvalue weighted by molar-refractivity contribution is -0.0895. The zero-order valence-corrected chi connectivity index (χ0v) is 28.8. The Hall–Kier alpha value is -4.28. The van der Waals surface area contributed by atoms with Crippen LogP contribution in [0.4, 0.5) is 10.5 Å². The average molecular weight is 688 g/mol. The van der Waals surface area contributed by atoms with Gasteiger partial charge in [-0.3, -0.25) is 4.48 Å². The molecule has 1 fully saturated rings. The standard InChI is InChI=1S/C39H44ClN2O7/c1-44-23-8-21-42(22-24-46-35-12-7-6-11-34(35)42)28-48-36-25-41(39(43)47-27-29-9-4-3-5-10-29)26-37(49-33-19-15-31(40)16-20-33)38(36)30-13-17-32(45-2)18-14-30/h3-7,9-20,36-38H,8,21-28H2,1-2H3/q+1. The molecule has 0 N–H and O–H groups in total. The van der Waals surface area contributed by atoms with E-state index in [-0.39, 0.29) is 12.5 Å². The predicted molar refractivity (Wildman–Crippen MR) is 190 cm³/mol. The predicted octanol–water partition coefficient (Wildman–Crippen LogP) is 7.31.